The van der Waals surface area contributed by atoms with Crippen molar-refractivity contribution in [1.29, 1.82) is 0 Å². The predicted octanol–water partition coefficient (Wildman–Crippen LogP) is 4.10. The van der Waals surface area contributed by atoms with Gasteiger partial charge in [0.05, 0.1) is 21.4 Å². The highest BCUT2D eigenvalue weighted by atomic mass is 79.9. The van der Waals surface area contributed by atoms with Gasteiger partial charge in [0.1, 0.15) is 12.4 Å². The fraction of sp³-hybridized carbons (Fsp3) is 0.250. The van der Waals surface area contributed by atoms with Crippen LogP contribution in [0.2, 0.25) is 0 Å². The molecule has 0 spiro atoms. The van der Waals surface area contributed by atoms with Crippen molar-refractivity contribution < 1.29 is 4.74 Å². The number of hydrogen-bond acceptors (Lipinski definition) is 3. The SMILES string of the molecule is CCn1nc(C)c(Br)c1COc1cccc2ncccc12. The molecule has 3 aromatic rings. The third-order valence-corrected chi connectivity index (χ3v) is 4.45. The molecule has 0 fully saturated rings. The molecule has 4 nitrogen and oxygen atoms in total. The van der Waals surface area contributed by atoms with E-state index >= 15 is 0 Å². The summed E-state index contributed by atoms with van der Waals surface area (Å²) in [5.74, 6) is 0.842. The lowest BCUT2D eigenvalue weighted by Gasteiger charge is -2.10. The molecule has 0 aliphatic carbocycles. The van der Waals surface area contributed by atoms with Gasteiger partial charge >= 0.3 is 0 Å². The first-order valence-corrected chi connectivity index (χ1v) is 7.68. The van der Waals surface area contributed by atoms with Gasteiger partial charge in [-0.15, -0.1) is 0 Å². The maximum Gasteiger partial charge on any atom is 0.131 e. The fourth-order valence-corrected chi connectivity index (χ4v) is 2.75. The molecule has 0 atom stereocenters. The third kappa shape index (κ3) is 2.65. The van der Waals surface area contributed by atoms with E-state index in [1.165, 1.54) is 0 Å². The summed E-state index contributed by atoms with van der Waals surface area (Å²) >= 11 is 3.59. The van der Waals surface area contributed by atoms with Crippen molar-refractivity contribution in [3.05, 3.63) is 52.4 Å². The average molecular weight is 346 g/mol. The zero-order valence-electron chi connectivity index (χ0n) is 12.0. The summed E-state index contributed by atoms with van der Waals surface area (Å²) in [6.07, 6.45) is 1.79. The van der Waals surface area contributed by atoms with Crippen LogP contribution in [0.15, 0.2) is 41.0 Å². The number of aromatic nitrogens is 3. The van der Waals surface area contributed by atoms with Crippen molar-refractivity contribution in [2.75, 3.05) is 0 Å². The van der Waals surface area contributed by atoms with Crippen LogP contribution in [0.1, 0.15) is 18.3 Å². The maximum absolute atomic E-state index is 6.01. The summed E-state index contributed by atoms with van der Waals surface area (Å²) in [6, 6.07) is 9.86. The molecule has 1 aromatic carbocycles. The van der Waals surface area contributed by atoms with Gasteiger partial charge in [-0.1, -0.05) is 6.07 Å². The van der Waals surface area contributed by atoms with Gasteiger partial charge in [-0.25, -0.2) is 0 Å². The van der Waals surface area contributed by atoms with E-state index in [0.29, 0.717) is 6.61 Å². The van der Waals surface area contributed by atoms with Crippen LogP contribution >= 0.6 is 15.9 Å². The van der Waals surface area contributed by atoms with E-state index in [2.05, 4.69) is 32.9 Å². The molecule has 5 heteroatoms. The Balaban J connectivity index is 1.91. The Labute approximate surface area is 131 Å². The highest BCUT2D eigenvalue weighted by molar-refractivity contribution is 9.10. The standard InChI is InChI=1S/C16H16BrN3O/c1-3-20-14(16(17)11(2)19-20)10-21-15-8-4-7-13-12(15)6-5-9-18-13/h4-9H,3,10H2,1-2H3. The lowest BCUT2D eigenvalue weighted by Crippen LogP contribution is -2.06. The minimum Gasteiger partial charge on any atom is -0.487 e. The number of nitrogens with zero attached hydrogens (tertiary/aromatic N) is 3. The number of ether oxygens (including phenoxy) is 1. The van der Waals surface area contributed by atoms with Gasteiger partial charge in [-0.3, -0.25) is 9.67 Å². The van der Waals surface area contributed by atoms with Crippen LogP contribution in [0, 0.1) is 6.92 Å². The number of rotatable bonds is 4. The third-order valence-electron chi connectivity index (χ3n) is 3.42. The van der Waals surface area contributed by atoms with Crippen LogP contribution in [0.3, 0.4) is 0 Å². The van der Waals surface area contributed by atoms with E-state index in [1.54, 1.807) is 6.20 Å². The van der Waals surface area contributed by atoms with Crippen LogP contribution in [0.5, 0.6) is 5.75 Å². The average Bonchev–Trinajstić information content (AvgIpc) is 2.80. The molecule has 0 aliphatic heterocycles. The predicted molar refractivity (Wildman–Crippen MR) is 86.4 cm³/mol. The number of fused-ring (bicyclic) bond motifs is 1. The smallest absolute Gasteiger partial charge is 0.131 e. The van der Waals surface area contributed by atoms with Gasteiger partial charge in [-0.05, 0) is 54.0 Å². The molecule has 0 saturated heterocycles. The van der Waals surface area contributed by atoms with Crippen molar-refractivity contribution in [1.82, 2.24) is 14.8 Å². The lowest BCUT2D eigenvalue weighted by atomic mass is 10.2. The quantitative estimate of drug-likeness (QED) is 0.714. The van der Waals surface area contributed by atoms with Crippen LogP contribution in [-0.4, -0.2) is 14.8 Å². The summed E-state index contributed by atoms with van der Waals surface area (Å²) in [6.45, 7) is 5.36. The van der Waals surface area contributed by atoms with E-state index < -0.39 is 0 Å². The number of benzene rings is 1. The monoisotopic (exact) mass is 345 g/mol. The molecule has 0 N–H and O–H groups in total. The van der Waals surface area contributed by atoms with Crippen molar-refractivity contribution in [3.8, 4) is 5.75 Å². The van der Waals surface area contributed by atoms with Crippen molar-refractivity contribution in [2.45, 2.75) is 27.0 Å². The molecule has 0 radical (unpaired) electrons. The van der Waals surface area contributed by atoms with E-state index in [4.69, 9.17) is 4.74 Å². The van der Waals surface area contributed by atoms with Crippen molar-refractivity contribution >= 4 is 26.8 Å². The minimum absolute atomic E-state index is 0.475. The molecule has 0 bridgehead atoms. The van der Waals surface area contributed by atoms with Gasteiger partial charge in [0, 0.05) is 18.1 Å². The summed E-state index contributed by atoms with van der Waals surface area (Å²) < 4.78 is 8.99. The number of halogens is 1. The van der Waals surface area contributed by atoms with Gasteiger partial charge in [0.15, 0.2) is 0 Å². The highest BCUT2D eigenvalue weighted by Gasteiger charge is 2.13. The van der Waals surface area contributed by atoms with Gasteiger partial charge < -0.3 is 4.74 Å². The first-order chi connectivity index (χ1) is 10.2. The molecular formula is C16H16BrN3O. The van der Waals surface area contributed by atoms with Crippen molar-refractivity contribution in [2.24, 2.45) is 0 Å². The Bertz CT molecular complexity index is 777. The lowest BCUT2D eigenvalue weighted by molar-refractivity contribution is 0.295. The zero-order chi connectivity index (χ0) is 14.8. The molecule has 3 rings (SSSR count). The first kappa shape index (κ1) is 14.1. The van der Waals surface area contributed by atoms with E-state index in [9.17, 15) is 0 Å². The molecule has 0 amide bonds. The Hall–Kier alpha value is -1.88. The van der Waals surface area contributed by atoms with Crippen molar-refractivity contribution in [3.63, 3.8) is 0 Å². The van der Waals surface area contributed by atoms with Crippen LogP contribution in [0.4, 0.5) is 0 Å². The Morgan fingerprint density at radius 2 is 2.10 bits per heavy atom. The summed E-state index contributed by atoms with van der Waals surface area (Å²) in [5, 5.41) is 5.50. The van der Waals surface area contributed by atoms with Gasteiger partial charge in [0.25, 0.3) is 0 Å². The van der Waals surface area contributed by atoms with E-state index in [1.807, 2.05) is 41.9 Å². The minimum atomic E-state index is 0.475. The van der Waals surface area contributed by atoms with Crippen LogP contribution in [-0.2, 0) is 13.2 Å². The summed E-state index contributed by atoms with van der Waals surface area (Å²) in [5.41, 5.74) is 2.97. The van der Waals surface area contributed by atoms with Gasteiger partial charge in [0.2, 0.25) is 0 Å². The number of pyridine rings is 1. The van der Waals surface area contributed by atoms with E-state index in [-0.39, 0.29) is 0 Å². The highest BCUT2D eigenvalue weighted by Crippen LogP contribution is 2.27. The fourth-order valence-electron chi connectivity index (χ4n) is 2.35. The molecular weight excluding hydrogens is 330 g/mol. The maximum atomic E-state index is 6.01. The van der Waals surface area contributed by atoms with Crippen LogP contribution < -0.4 is 4.74 Å². The largest absolute Gasteiger partial charge is 0.487 e. The Morgan fingerprint density at radius 3 is 2.90 bits per heavy atom. The number of hydrogen-bond donors (Lipinski definition) is 0. The molecule has 108 valence electrons. The Morgan fingerprint density at radius 1 is 1.24 bits per heavy atom. The second kappa shape index (κ2) is 5.85. The topological polar surface area (TPSA) is 39.9 Å². The molecule has 0 aliphatic rings. The first-order valence-electron chi connectivity index (χ1n) is 6.89. The second-order valence-electron chi connectivity index (χ2n) is 4.78. The van der Waals surface area contributed by atoms with Crippen LogP contribution in [0.25, 0.3) is 10.9 Å². The number of aryl methyl sites for hydroxylation is 2. The molecule has 0 unspecified atom stereocenters. The molecule has 2 aromatic heterocycles. The van der Waals surface area contributed by atoms with Gasteiger partial charge in [-0.2, -0.15) is 5.10 Å². The zero-order valence-corrected chi connectivity index (χ0v) is 13.6. The Kier molecular flexibility index (Phi) is 3.92. The molecule has 0 saturated carbocycles. The molecule has 2 heterocycles. The normalized spacial score (nSPS) is 11.0. The summed E-state index contributed by atoms with van der Waals surface area (Å²) in [7, 11) is 0. The van der Waals surface area contributed by atoms with E-state index in [0.717, 1.165) is 39.1 Å². The molecule has 21 heavy (non-hydrogen) atoms. The summed E-state index contributed by atoms with van der Waals surface area (Å²) in [4.78, 5) is 4.35. The second-order valence-corrected chi connectivity index (χ2v) is 5.57.